The van der Waals surface area contributed by atoms with Crippen LogP contribution in [0.4, 0.5) is 19.3 Å². The van der Waals surface area contributed by atoms with E-state index in [4.69, 9.17) is 13.9 Å². The minimum atomic E-state index is -3.88. The normalized spacial score (nSPS) is 12.2. The molecule has 0 spiro atoms. The quantitative estimate of drug-likeness (QED) is 0.394. The van der Waals surface area contributed by atoms with Gasteiger partial charge in [0.25, 0.3) is 5.88 Å². The number of sulfonamides is 1. The van der Waals surface area contributed by atoms with Gasteiger partial charge in [-0.25, -0.2) is 22.0 Å². The Morgan fingerprint density at radius 1 is 1.22 bits per heavy atom. The van der Waals surface area contributed by atoms with Gasteiger partial charge in [0.1, 0.15) is 11.4 Å². The molecule has 0 aliphatic heterocycles. The van der Waals surface area contributed by atoms with E-state index in [0.29, 0.717) is 5.75 Å². The van der Waals surface area contributed by atoms with Gasteiger partial charge in [0.2, 0.25) is 10.0 Å². The Balaban J connectivity index is 1.62. The van der Waals surface area contributed by atoms with Crippen LogP contribution in [0.1, 0.15) is 18.5 Å². The lowest BCUT2D eigenvalue weighted by Gasteiger charge is -2.15. The number of anilines is 1. The number of ether oxygens (including phenoxy) is 2. The molecule has 170 valence electrons. The van der Waals surface area contributed by atoms with Crippen molar-refractivity contribution >= 4 is 44.4 Å². The lowest BCUT2D eigenvalue weighted by molar-refractivity contribution is 0.195. The van der Waals surface area contributed by atoms with Gasteiger partial charge in [-0.3, -0.25) is 4.72 Å². The van der Waals surface area contributed by atoms with Crippen LogP contribution in [-0.4, -0.2) is 25.8 Å². The molecule has 1 aromatic heterocycles. The zero-order chi connectivity index (χ0) is 23.5. The van der Waals surface area contributed by atoms with Crippen LogP contribution >= 0.6 is 22.6 Å². The van der Waals surface area contributed by atoms with E-state index in [1.807, 2.05) is 6.07 Å². The third-order valence-corrected chi connectivity index (χ3v) is 5.09. The van der Waals surface area contributed by atoms with Gasteiger partial charge < -0.3 is 19.2 Å². The topological polar surface area (TPSA) is 120 Å². The molecule has 1 unspecified atom stereocenters. The lowest BCUT2D eigenvalue weighted by atomic mass is 10.1. The molecule has 9 nitrogen and oxygen atoms in total. The van der Waals surface area contributed by atoms with Gasteiger partial charge in [-0.15, -0.1) is 4.98 Å². The number of carbonyl (C=O) groups excluding carboxylic acids is 1. The van der Waals surface area contributed by atoms with E-state index in [1.165, 1.54) is 6.92 Å². The van der Waals surface area contributed by atoms with Gasteiger partial charge in [-0.05, 0) is 65.4 Å². The molecule has 0 radical (unpaired) electrons. The van der Waals surface area contributed by atoms with Gasteiger partial charge in [0, 0.05) is 3.57 Å². The van der Waals surface area contributed by atoms with Crippen LogP contribution in [-0.2, 0) is 10.0 Å². The summed E-state index contributed by atoms with van der Waals surface area (Å²) >= 11 is 2.11. The highest BCUT2D eigenvalue weighted by atomic mass is 127. The molecule has 0 saturated carbocycles. The molecule has 2 N–H and O–H groups in total. The maximum Gasteiger partial charge on any atom is 0.414 e. The molecule has 1 atom stereocenters. The number of nitrogens with zero attached hydrogens (tertiary/aromatic N) is 1. The lowest BCUT2D eigenvalue weighted by Crippen LogP contribution is -2.29. The number of carbonyl (C=O) groups is 1. The summed E-state index contributed by atoms with van der Waals surface area (Å²) in [6.45, 7) is 1.45. The van der Waals surface area contributed by atoms with Gasteiger partial charge in [-0.2, -0.15) is 0 Å². The van der Waals surface area contributed by atoms with E-state index in [0.717, 1.165) is 28.2 Å². The highest BCUT2D eigenvalue weighted by Crippen LogP contribution is 2.26. The molecule has 32 heavy (non-hydrogen) atoms. The fourth-order valence-electron chi connectivity index (χ4n) is 2.48. The first-order chi connectivity index (χ1) is 15.0. The Hall–Kier alpha value is -2.94. The maximum absolute atomic E-state index is 14.1. The van der Waals surface area contributed by atoms with Crippen molar-refractivity contribution in [1.29, 1.82) is 0 Å². The molecule has 0 fully saturated rings. The van der Waals surface area contributed by atoms with Crippen molar-refractivity contribution in [2.45, 2.75) is 13.0 Å². The van der Waals surface area contributed by atoms with E-state index in [1.54, 1.807) is 22.9 Å². The summed E-state index contributed by atoms with van der Waals surface area (Å²) in [5.41, 5.74) is -0.770. The maximum atomic E-state index is 14.1. The minimum Gasteiger partial charge on any atom is -0.413 e. The van der Waals surface area contributed by atoms with Crippen LogP contribution in [0.15, 0.2) is 47.1 Å². The summed E-state index contributed by atoms with van der Waals surface area (Å²) < 4.78 is 68.9. The number of aromatic nitrogens is 1. The van der Waals surface area contributed by atoms with E-state index >= 15 is 0 Å². The molecule has 1 heterocycles. The second-order valence-electron chi connectivity index (χ2n) is 6.50. The third-order valence-electron chi connectivity index (χ3n) is 3.85. The average molecular weight is 579 g/mol. The van der Waals surface area contributed by atoms with Crippen molar-refractivity contribution in [3.63, 3.8) is 0 Å². The van der Waals surface area contributed by atoms with Crippen molar-refractivity contribution in [3.8, 4) is 17.7 Å². The molecule has 3 rings (SSSR count). The van der Waals surface area contributed by atoms with Crippen LogP contribution in [0.5, 0.6) is 17.7 Å². The fourth-order valence-corrected chi connectivity index (χ4v) is 3.56. The summed E-state index contributed by atoms with van der Waals surface area (Å²) in [5.74, 6) is -2.00. The summed E-state index contributed by atoms with van der Waals surface area (Å²) in [6.07, 6.45) is 0.700. The van der Waals surface area contributed by atoms with Gasteiger partial charge in [-0.1, -0.05) is 6.07 Å². The predicted molar refractivity (Wildman–Crippen MR) is 118 cm³/mol. The molecule has 0 aliphatic rings. The largest absolute Gasteiger partial charge is 0.414 e. The number of hydrogen-bond donors (Lipinski definition) is 2. The van der Waals surface area contributed by atoms with E-state index in [-0.39, 0.29) is 17.5 Å². The second-order valence-corrected chi connectivity index (χ2v) is 9.49. The number of benzene rings is 2. The SMILES string of the molecule is CC(NC(=O)Oc1coc(Oc2cccc(I)c2)n1)c1cc(F)c(NS(C)(=O)=O)c(F)c1. The van der Waals surface area contributed by atoms with Crippen LogP contribution in [0, 0.1) is 15.2 Å². The summed E-state index contributed by atoms with van der Waals surface area (Å²) in [5, 5.41) is 2.38. The molecule has 2 aromatic carbocycles. The average Bonchev–Trinajstić information content (AvgIpc) is 3.10. The number of rotatable bonds is 7. The Morgan fingerprint density at radius 3 is 2.53 bits per heavy atom. The number of amides is 1. The Kier molecular flexibility index (Phi) is 7.18. The molecule has 0 saturated heterocycles. The molecule has 13 heteroatoms. The van der Waals surface area contributed by atoms with Crippen molar-refractivity contribution in [2.75, 3.05) is 11.0 Å². The zero-order valence-corrected chi connectivity index (χ0v) is 19.5. The molecule has 1 amide bonds. The molecule has 3 aromatic rings. The Labute approximate surface area is 195 Å². The van der Waals surface area contributed by atoms with Crippen LogP contribution in [0.25, 0.3) is 0 Å². The van der Waals surface area contributed by atoms with Crippen LogP contribution in [0.2, 0.25) is 0 Å². The zero-order valence-electron chi connectivity index (χ0n) is 16.6. The molecular formula is C19H16F2IN3O6S. The van der Waals surface area contributed by atoms with Crippen LogP contribution < -0.4 is 19.5 Å². The van der Waals surface area contributed by atoms with Gasteiger partial charge in [0.05, 0.1) is 12.3 Å². The smallest absolute Gasteiger partial charge is 0.413 e. The van der Waals surface area contributed by atoms with Gasteiger partial charge >= 0.3 is 12.2 Å². The van der Waals surface area contributed by atoms with Crippen molar-refractivity contribution in [3.05, 3.63) is 63.4 Å². The summed E-state index contributed by atoms with van der Waals surface area (Å²) in [7, 11) is -3.88. The molecular weight excluding hydrogens is 563 g/mol. The van der Waals surface area contributed by atoms with E-state index in [9.17, 15) is 22.0 Å². The third kappa shape index (κ3) is 6.53. The second kappa shape index (κ2) is 9.68. The molecule has 0 aliphatic carbocycles. The number of hydrogen-bond acceptors (Lipinski definition) is 7. The fraction of sp³-hybridized carbons (Fsp3) is 0.158. The first kappa shape index (κ1) is 23.7. The van der Waals surface area contributed by atoms with Crippen molar-refractivity contribution in [1.82, 2.24) is 10.3 Å². The van der Waals surface area contributed by atoms with Crippen molar-refractivity contribution < 1.29 is 35.9 Å². The Bertz CT molecular complexity index is 1230. The summed E-state index contributed by atoms with van der Waals surface area (Å²) in [6, 6.07) is 7.99. The summed E-state index contributed by atoms with van der Waals surface area (Å²) in [4.78, 5) is 16.0. The number of oxazole rings is 1. The highest BCUT2D eigenvalue weighted by molar-refractivity contribution is 14.1. The number of nitrogens with one attached hydrogen (secondary N) is 2. The number of halogens is 3. The highest BCUT2D eigenvalue weighted by Gasteiger charge is 2.19. The standard InChI is InChI=1S/C19H16F2IN3O6S/c1-10(11-6-14(20)17(15(21)7-11)25-32(2,27)28)23-18(26)31-16-9-29-19(24-16)30-13-5-3-4-12(22)8-13/h3-10,25H,1-2H3,(H,23,26). The van der Waals surface area contributed by atoms with Crippen molar-refractivity contribution in [2.24, 2.45) is 0 Å². The van der Waals surface area contributed by atoms with E-state index in [2.05, 4.69) is 32.9 Å². The monoisotopic (exact) mass is 579 g/mol. The predicted octanol–water partition coefficient (Wildman–Crippen LogP) is 4.57. The first-order valence-corrected chi connectivity index (χ1v) is 11.8. The Morgan fingerprint density at radius 2 is 1.91 bits per heavy atom. The van der Waals surface area contributed by atoms with Crippen LogP contribution in [0.3, 0.4) is 0 Å². The van der Waals surface area contributed by atoms with Gasteiger partial charge in [0.15, 0.2) is 17.9 Å². The minimum absolute atomic E-state index is 0.0406. The first-order valence-electron chi connectivity index (χ1n) is 8.84. The molecule has 0 bridgehead atoms. The van der Waals surface area contributed by atoms with E-state index < -0.39 is 39.5 Å².